The second-order valence-electron chi connectivity index (χ2n) is 28.9. The van der Waals surface area contributed by atoms with Gasteiger partial charge in [0.05, 0.1) is 26.4 Å². The lowest BCUT2D eigenvalue weighted by Gasteiger charge is -2.21. The van der Waals surface area contributed by atoms with Crippen LogP contribution in [0, 0.1) is 23.7 Å². The smallest absolute Gasteiger partial charge is 0.462 e. The summed E-state index contributed by atoms with van der Waals surface area (Å²) in [5.41, 5.74) is 0. The second-order valence-corrected chi connectivity index (χ2v) is 31.9. The molecule has 0 aromatic heterocycles. The first kappa shape index (κ1) is 92.1. The Morgan fingerprint density at radius 2 is 0.447 bits per heavy atom. The van der Waals surface area contributed by atoms with Crippen molar-refractivity contribution in [3.63, 3.8) is 0 Å². The van der Waals surface area contributed by atoms with E-state index in [1.54, 1.807) is 0 Å². The van der Waals surface area contributed by atoms with E-state index in [1.165, 1.54) is 173 Å². The third-order valence-corrected chi connectivity index (χ3v) is 19.2. The highest BCUT2D eigenvalue weighted by molar-refractivity contribution is 7.47. The molecular formula is C75H146O17P2. The Morgan fingerprint density at radius 3 is 0.660 bits per heavy atom. The van der Waals surface area contributed by atoms with Crippen molar-refractivity contribution in [3.8, 4) is 0 Å². The van der Waals surface area contributed by atoms with Crippen molar-refractivity contribution >= 4 is 39.5 Å². The lowest BCUT2D eigenvalue weighted by atomic mass is 10.0. The summed E-state index contributed by atoms with van der Waals surface area (Å²) in [6.45, 7) is 14.1. The molecular weight excluding hydrogens is 1230 g/mol. The molecule has 94 heavy (non-hydrogen) atoms. The summed E-state index contributed by atoms with van der Waals surface area (Å²) in [4.78, 5) is 72.6. The van der Waals surface area contributed by atoms with Gasteiger partial charge in [0.15, 0.2) is 12.2 Å². The molecule has 0 aliphatic carbocycles. The second kappa shape index (κ2) is 64.4. The van der Waals surface area contributed by atoms with Crippen LogP contribution in [-0.4, -0.2) is 96.7 Å². The van der Waals surface area contributed by atoms with E-state index >= 15 is 0 Å². The molecule has 0 saturated heterocycles. The number of aliphatic hydroxyl groups excluding tert-OH is 1. The molecule has 3 N–H and O–H groups in total. The Bertz CT molecular complexity index is 1850. The summed E-state index contributed by atoms with van der Waals surface area (Å²) < 4.78 is 68.4. The van der Waals surface area contributed by atoms with E-state index in [1.807, 2.05) is 0 Å². The Hall–Kier alpha value is -1.94. The van der Waals surface area contributed by atoms with Crippen LogP contribution in [0.1, 0.15) is 376 Å². The third-order valence-electron chi connectivity index (χ3n) is 17.3. The molecule has 0 spiro atoms. The van der Waals surface area contributed by atoms with Crippen LogP contribution < -0.4 is 0 Å². The first-order chi connectivity index (χ1) is 45.1. The molecule has 0 saturated carbocycles. The SMILES string of the molecule is CC(C)CCCCCCCCCCCCCCCCCCCCC(=O)OC[C@H](COP(=O)(O)OCC(O)COP(=O)(O)OC[C@@H](COC(=O)CCCCCCCCCC(C)C)OC(=O)CCCCCCCCCCCCCC(C)C)OC(=O)CCCCCCCCC(C)C. The lowest BCUT2D eigenvalue weighted by Crippen LogP contribution is -2.30. The van der Waals surface area contributed by atoms with Crippen LogP contribution >= 0.6 is 15.6 Å². The molecule has 0 rings (SSSR count). The lowest BCUT2D eigenvalue weighted by molar-refractivity contribution is -0.161. The maximum Gasteiger partial charge on any atom is 0.472 e. The molecule has 0 aromatic carbocycles. The zero-order valence-corrected chi connectivity index (χ0v) is 63.4. The number of hydrogen-bond acceptors (Lipinski definition) is 15. The summed E-state index contributed by atoms with van der Waals surface area (Å²) in [5, 5.41) is 10.6. The highest BCUT2D eigenvalue weighted by atomic mass is 31.2. The highest BCUT2D eigenvalue weighted by Gasteiger charge is 2.30. The number of aliphatic hydroxyl groups is 1. The van der Waals surface area contributed by atoms with Crippen molar-refractivity contribution in [1.29, 1.82) is 0 Å². The first-order valence-corrected chi connectivity index (χ1v) is 41.7. The van der Waals surface area contributed by atoms with Crippen molar-refractivity contribution in [3.05, 3.63) is 0 Å². The predicted molar refractivity (Wildman–Crippen MR) is 381 cm³/mol. The Morgan fingerprint density at radius 1 is 0.266 bits per heavy atom. The van der Waals surface area contributed by atoms with Gasteiger partial charge in [-0.2, -0.15) is 0 Å². The van der Waals surface area contributed by atoms with Gasteiger partial charge >= 0.3 is 39.5 Å². The molecule has 0 aliphatic rings. The van der Waals surface area contributed by atoms with Crippen LogP contribution in [0.3, 0.4) is 0 Å². The Balaban J connectivity index is 5.12. The predicted octanol–water partition coefficient (Wildman–Crippen LogP) is 21.7. The van der Waals surface area contributed by atoms with Crippen LogP contribution in [-0.2, 0) is 65.4 Å². The molecule has 3 unspecified atom stereocenters. The van der Waals surface area contributed by atoms with Crippen LogP contribution in [0.5, 0.6) is 0 Å². The van der Waals surface area contributed by atoms with Crippen molar-refractivity contribution in [2.24, 2.45) is 23.7 Å². The number of esters is 4. The van der Waals surface area contributed by atoms with Gasteiger partial charge in [-0.15, -0.1) is 0 Å². The number of rotatable bonds is 72. The molecule has 0 fully saturated rings. The quantitative estimate of drug-likeness (QED) is 0.0222. The van der Waals surface area contributed by atoms with Crippen molar-refractivity contribution in [2.45, 2.75) is 395 Å². The summed E-state index contributed by atoms with van der Waals surface area (Å²) in [7, 11) is -9.91. The molecule has 0 aliphatic heterocycles. The van der Waals surface area contributed by atoms with E-state index in [2.05, 4.69) is 55.4 Å². The molecule has 17 nitrogen and oxygen atoms in total. The number of phosphoric acid groups is 2. The number of hydrogen-bond donors (Lipinski definition) is 3. The van der Waals surface area contributed by atoms with E-state index in [0.29, 0.717) is 37.5 Å². The summed E-state index contributed by atoms with van der Waals surface area (Å²) in [5.74, 6) is 0.834. The molecule has 0 aromatic rings. The van der Waals surface area contributed by atoms with E-state index in [0.717, 1.165) is 108 Å². The van der Waals surface area contributed by atoms with Crippen LogP contribution in [0.25, 0.3) is 0 Å². The van der Waals surface area contributed by atoms with Gasteiger partial charge < -0.3 is 33.8 Å². The van der Waals surface area contributed by atoms with Gasteiger partial charge in [-0.3, -0.25) is 37.3 Å². The average Bonchev–Trinajstić information content (AvgIpc) is 1.23. The number of unbranched alkanes of at least 4 members (excludes halogenated alkanes) is 38. The summed E-state index contributed by atoms with van der Waals surface area (Å²) in [6, 6.07) is 0. The maximum absolute atomic E-state index is 13.0. The van der Waals surface area contributed by atoms with E-state index in [-0.39, 0.29) is 25.7 Å². The Labute approximate surface area is 575 Å². The van der Waals surface area contributed by atoms with Crippen LogP contribution in [0.15, 0.2) is 0 Å². The van der Waals surface area contributed by atoms with Gasteiger partial charge in [-0.25, -0.2) is 9.13 Å². The third kappa shape index (κ3) is 68.6. The van der Waals surface area contributed by atoms with Gasteiger partial charge in [0.2, 0.25) is 0 Å². The summed E-state index contributed by atoms with van der Waals surface area (Å²) >= 11 is 0. The minimum Gasteiger partial charge on any atom is -0.462 e. The molecule has 5 atom stereocenters. The monoisotopic (exact) mass is 1380 g/mol. The largest absolute Gasteiger partial charge is 0.472 e. The molecule has 0 heterocycles. The first-order valence-electron chi connectivity index (χ1n) is 38.7. The molecule has 19 heteroatoms. The highest BCUT2D eigenvalue weighted by Crippen LogP contribution is 2.45. The van der Waals surface area contributed by atoms with Gasteiger partial charge in [0.1, 0.15) is 19.3 Å². The topological polar surface area (TPSA) is 237 Å². The van der Waals surface area contributed by atoms with Gasteiger partial charge in [0, 0.05) is 25.7 Å². The minimum atomic E-state index is -4.95. The summed E-state index contributed by atoms with van der Waals surface area (Å²) in [6.07, 6.45) is 49.0. The van der Waals surface area contributed by atoms with Crippen LogP contribution in [0.2, 0.25) is 0 Å². The average molecular weight is 1380 g/mol. The fraction of sp³-hybridized carbons (Fsp3) is 0.947. The van der Waals surface area contributed by atoms with Gasteiger partial charge in [0.25, 0.3) is 0 Å². The number of carbonyl (C=O) groups is 4. The number of phosphoric ester groups is 2. The normalized spacial score (nSPS) is 14.2. The fourth-order valence-electron chi connectivity index (χ4n) is 11.4. The van der Waals surface area contributed by atoms with E-state index in [4.69, 9.17) is 37.0 Å². The van der Waals surface area contributed by atoms with Gasteiger partial charge in [-0.05, 0) is 49.4 Å². The Kier molecular flexibility index (Phi) is 63.1. The molecule has 558 valence electrons. The standard InChI is InChI=1S/C75H146O17P2/c1-65(2)51-43-35-27-22-18-15-13-11-9-10-12-14-16-20-24-30-39-47-55-72(77)85-62-71(92-75(80)58-50-42-34-33-38-46-54-68(7)8)64-90-94(83,84)88-60-69(76)59-87-93(81,82)89-63-70(61-86-73(78)56-48-40-32-26-29-37-45-53-67(5)6)91-74(79)57-49-41-31-25-21-17-19-23-28-36-44-52-66(3)4/h65-71,76H,9-64H2,1-8H3,(H,81,82)(H,83,84)/t69?,70-,71-/m1/s1. The maximum atomic E-state index is 13.0. The van der Waals surface area contributed by atoms with Crippen molar-refractivity contribution in [2.75, 3.05) is 39.6 Å². The minimum absolute atomic E-state index is 0.102. The number of carbonyl (C=O) groups excluding carboxylic acids is 4. The molecule has 0 radical (unpaired) electrons. The molecule has 0 bridgehead atoms. The zero-order chi connectivity index (χ0) is 69.6. The molecule has 0 amide bonds. The van der Waals surface area contributed by atoms with E-state index in [9.17, 15) is 43.2 Å². The van der Waals surface area contributed by atoms with Crippen LogP contribution in [0.4, 0.5) is 0 Å². The van der Waals surface area contributed by atoms with Crippen molar-refractivity contribution in [1.82, 2.24) is 0 Å². The van der Waals surface area contributed by atoms with Crippen molar-refractivity contribution < 1.29 is 80.2 Å². The zero-order valence-electron chi connectivity index (χ0n) is 61.6. The van der Waals surface area contributed by atoms with Gasteiger partial charge in [-0.1, -0.05) is 325 Å². The van der Waals surface area contributed by atoms with E-state index < -0.39 is 97.5 Å². The fourth-order valence-corrected chi connectivity index (χ4v) is 13.0. The number of ether oxygens (including phenoxy) is 4.